The van der Waals surface area contributed by atoms with Gasteiger partial charge in [0, 0.05) is 24.9 Å². The minimum atomic E-state index is 0.0187. The third-order valence-electron chi connectivity index (χ3n) is 5.76. The van der Waals surface area contributed by atoms with Gasteiger partial charge in [-0.25, -0.2) is 4.98 Å². The molecule has 1 aliphatic rings. The molecule has 1 aromatic heterocycles. The van der Waals surface area contributed by atoms with Gasteiger partial charge in [-0.05, 0) is 42.6 Å². The number of amides is 1. The predicted molar refractivity (Wildman–Crippen MR) is 127 cm³/mol. The normalized spacial score (nSPS) is 14.8. The third-order valence-corrected chi connectivity index (χ3v) is 6.65. The van der Waals surface area contributed by atoms with E-state index in [4.69, 9.17) is 0 Å². The minimum absolute atomic E-state index is 0.0187. The lowest BCUT2D eigenvalue weighted by Gasteiger charge is -2.19. The lowest BCUT2D eigenvalue weighted by atomic mass is 10.1. The Labute approximate surface area is 189 Å². The lowest BCUT2D eigenvalue weighted by molar-refractivity contribution is -0.120. The van der Waals surface area contributed by atoms with Gasteiger partial charge >= 0.3 is 0 Å². The van der Waals surface area contributed by atoms with Crippen molar-refractivity contribution in [3.8, 4) is 0 Å². The summed E-state index contributed by atoms with van der Waals surface area (Å²) in [4.78, 5) is 19.5. The Kier molecular flexibility index (Phi) is 7.86. The highest BCUT2D eigenvalue weighted by molar-refractivity contribution is 7.09. The summed E-state index contributed by atoms with van der Waals surface area (Å²) in [5.74, 6) is 0.0187. The summed E-state index contributed by atoms with van der Waals surface area (Å²) in [5, 5.41) is 6.08. The van der Waals surface area contributed by atoms with Gasteiger partial charge in [-0.3, -0.25) is 9.69 Å². The predicted octanol–water partition coefficient (Wildman–Crippen LogP) is 4.97. The molecule has 0 radical (unpaired) electrons. The summed E-state index contributed by atoms with van der Waals surface area (Å²) in [7, 11) is 0. The van der Waals surface area contributed by atoms with Crippen molar-refractivity contribution < 1.29 is 4.79 Å². The molecule has 1 amide bonds. The van der Waals surface area contributed by atoms with Crippen molar-refractivity contribution in [2.45, 2.75) is 51.6 Å². The summed E-state index contributed by atoms with van der Waals surface area (Å²) >= 11 is 1.62. The van der Waals surface area contributed by atoms with E-state index in [0.717, 1.165) is 29.2 Å². The molecule has 4 nitrogen and oxygen atoms in total. The summed E-state index contributed by atoms with van der Waals surface area (Å²) < 4.78 is 0. The molecule has 1 N–H and O–H groups in total. The first-order valence-corrected chi connectivity index (χ1v) is 12.2. The number of nitrogens with one attached hydrogen (secondary N) is 1. The van der Waals surface area contributed by atoms with E-state index in [2.05, 4.69) is 51.6 Å². The SMILES string of the molecule is O=C(Cc1csc(Cc2ccccc2)n1)NCc1ccc(CN2CCCCCC2)cc1. The maximum absolute atomic E-state index is 12.4. The highest BCUT2D eigenvalue weighted by atomic mass is 32.1. The van der Waals surface area contributed by atoms with E-state index >= 15 is 0 Å². The molecule has 2 heterocycles. The molecule has 31 heavy (non-hydrogen) atoms. The lowest BCUT2D eigenvalue weighted by Crippen LogP contribution is -2.25. The number of carbonyl (C=O) groups is 1. The van der Waals surface area contributed by atoms with E-state index in [-0.39, 0.29) is 5.91 Å². The first-order chi connectivity index (χ1) is 15.2. The molecule has 1 aliphatic heterocycles. The summed E-state index contributed by atoms with van der Waals surface area (Å²) in [6, 6.07) is 19.0. The van der Waals surface area contributed by atoms with Gasteiger partial charge in [0.2, 0.25) is 5.91 Å². The molecule has 0 aliphatic carbocycles. The largest absolute Gasteiger partial charge is 0.352 e. The summed E-state index contributed by atoms with van der Waals surface area (Å²) in [6.07, 6.45) is 6.51. The van der Waals surface area contributed by atoms with Crippen molar-refractivity contribution in [2.75, 3.05) is 13.1 Å². The smallest absolute Gasteiger partial charge is 0.226 e. The number of hydrogen-bond acceptors (Lipinski definition) is 4. The monoisotopic (exact) mass is 433 g/mol. The van der Waals surface area contributed by atoms with Crippen LogP contribution >= 0.6 is 11.3 Å². The van der Waals surface area contributed by atoms with Gasteiger partial charge in [0.1, 0.15) is 0 Å². The average Bonchev–Trinajstić information content (AvgIpc) is 3.05. The molecule has 1 fully saturated rings. The molecule has 0 bridgehead atoms. The average molecular weight is 434 g/mol. The van der Waals surface area contributed by atoms with E-state index in [1.54, 1.807) is 11.3 Å². The molecule has 3 aromatic rings. The van der Waals surface area contributed by atoms with Crippen LogP contribution in [0, 0.1) is 0 Å². The van der Waals surface area contributed by atoms with Crippen LogP contribution in [-0.2, 0) is 30.7 Å². The maximum Gasteiger partial charge on any atom is 0.226 e. The number of carbonyl (C=O) groups excluding carboxylic acids is 1. The third kappa shape index (κ3) is 7.01. The number of likely N-dealkylation sites (tertiary alicyclic amines) is 1. The number of thiazole rings is 1. The second-order valence-corrected chi connectivity index (χ2v) is 9.30. The van der Waals surface area contributed by atoms with Crippen LogP contribution < -0.4 is 5.32 Å². The second kappa shape index (κ2) is 11.2. The standard InChI is InChI=1S/C26H31N3OS/c30-25(17-24-20-31-26(28-24)16-21-8-4-3-5-9-21)27-18-22-10-12-23(13-11-22)19-29-14-6-1-2-7-15-29/h3-5,8-13,20H,1-2,6-7,14-19H2,(H,27,30). The number of rotatable bonds is 8. The minimum Gasteiger partial charge on any atom is -0.352 e. The Morgan fingerprint density at radius 1 is 0.903 bits per heavy atom. The van der Waals surface area contributed by atoms with Crippen molar-refractivity contribution in [1.29, 1.82) is 0 Å². The summed E-state index contributed by atoms with van der Waals surface area (Å²) in [5.41, 5.74) is 4.58. The zero-order chi connectivity index (χ0) is 21.3. The molecule has 1 saturated heterocycles. The van der Waals surface area contributed by atoms with Gasteiger partial charge in [-0.2, -0.15) is 0 Å². The Morgan fingerprint density at radius 2 is 1.61 bits per heavy atom. The highest BCUT2D eigenvalue weighted by Gasteiger charge is 2.10. The van der Waals surface area contributed by atoms with Crippen LogP contribution in [0.3, 0.4) is 0 Å². The first-order valence-electron chi connectivity index (χ1n) is 11.3. The van der Waals surface area contributed by atoms with Crippen molar-refractivity contribution >= 4 is 17.2 Å². The zero-order valence-electron chi connectivity index (χ0n) is 18.1. The Bertz CT molecular complexity index is 944. The zero-order valence-corrected chi connectivity index (χ0v) is 18.9. The van der Waals surface area contributed by atoms with Crippen LogP contribution in [0.4, 0.5) is 0 Å². The molecule has 162 valence electrons. The topological polar surface area (TPSA) is 45.2 Å². The van der Waals surface area contributed by atoms with Gasteiger partial charge in [-0.1, -0.05) is 67.4 Å². The number of aromatic nitrogens is 1. The Balaban J connectivity index is 1.21. The van der Waals surface area contributed by atoms with Crippen LogP contribution in [0.25, 0.3) is 0 Å². The molecule has 2 aromatic carbocycles. The quantitative estimate of drug-likeness (QED) is 0.546. The van der Waals surface area contributed by atoms with Gasteiger partial charge in [-0.15, -0.1) is 11.3 Å². The molecule has 0 atom stereocenters. The van der Waals surface area contributed by atoms with E-state index in [9.17, 15) is 4.79 Å². The second-order valence-electron chi connectivity index (χ2n) is 8.36. The molecule has 0 saturated carbocycles. The van der Waals surface area contributed by atoms with Gasteiger partial charge in [0.05, 0.1) is 17.1 Å². The first kappa shape index (κ1) is 21.7. The fourth-order valence-corrected chi connectivity index (χ4v) is 4.85. The van der Waals surface area contributed by atoms with Crippen LogP contribution in [0.2, 0.25) is 0 Å². The molecule has 0 spiro atoms. The van der Waals surface area contributed by atoms with E-state index < -0.39 is 0 Å². The van der Waals surface area contributed by atoms with Gasteiger partial charge < -0.3 is 5.32 Å². The van der Waals surface area contributed by atoms with Crippen molar-refractivity contribution in [3.63, 3.8) is 0 Å². The molecule has 4 rings (SSSR count). The van der Waals surface area contributed by atoms with E-state index in [0.29, 0.717) is 13.0 Å². The number of nitrogens with zero attached hydrogens (tertiary/aromatic N) is 2. The molecular weight excluding hydrogens is 402 g/mol. The Morgan fingerprint density at radius 3 is 2.35 bits per heavy atom. The van der Waals surface area contributed by atoms with Crippen molar-refractivity contribution in [3.05, 3.63) is 87.4 Å². The maximum atomic E-state index is 12.4. The molecule has 0 unspecified atom stereocenters. The van der Waals surface area contributed by atoms with Crippen molar-refractivity contribution in [1.82, 2.24) is 15.2 Å². The van der Waals surface area contributed by atoms with Gasteiger partial charge in [0.15, 0.2) is 0 Å². The fourth-order valence-electron chi connectivity index (χ4n) is 4.02. The van der Waals surface area contributed by atoms with Crippen LogP contribution in [0.5, 0.6) is 0 Å². The summed E-state index contributed by atoms with van der Waals surface area (Å²) in [6.45, 7) is 4.01. The van der Waals surface area contributed by atoms with E-state index in [1.807, 2.05) is 23.6 Å². The van der Waals surface area contributed by atoms with Crippen LogP contribution in [-0.4, -0.2) is 28.9 Å². The molecular formula is C26H31N3OS. The van der Waals surface area contributed by atoms with Crippen LogP contribution in [0.1, 0.15) is 53.1 Å². The highest BCUT2D eigenvalue weighted by Crippen LogP contribution is 2.16. The van der Waals surface area contributed by atoms with Gasteiger partial charge in [0.25, 0.3) is 0 Å². The van der Waals surface area contributed by atoms with Crippen molar-refractivity contribution in [2.24, 2.45) is 0 Å². The van der Waals surface area contributed by atoms with E-state index in [1.165, 1.54) is 49.9 Å². The molecule has 5 heteroatoms. The Hall–Kier alpha value is -2.50. The number of benzene rings is 2. The van der Waals surface area contributed by atoms with Crippen LogP contribution in [0.15, 0.2) is 60.0 Å². The number of hydrogen-bond donors (Lipinski definition) is 1. The fraction of sp³-hybridized carbons (Fsp3) is 0.385.